The maximum atomic E-state index is 13.7. The molecular formula is C18H15ClF2N2O2. The molecule has 1 aliphatic rings. The minimum atomic E-state index is -0.861. The van der Waals surface area contributed by atoms with E-state index in [1.165, 1.54) is 4.90 Å². The molecule has 2 amide bonds. The highest BCUT2D eigenvalue weighted by atomic mass is 35.5. The Kier molecular flexibility index (Phi) is 4.72. The third-order valence-corrected chi connectivity index (χ3v) is 4.56. The molecule has 0 unspecified atom stereocenters. The minimum Gasteiger partial charge on any atom is -0.323 e. The third-order valence-electron chi connectivity index (χ3n) is 4.15. The second-order valence-corrected chi connectivity index (χ2v) is 6.36. The fourth-order valence-electron chi connectivity index (χ4n) is 2.71. The molecule has 1 fully saturated rings. The average molecular weight is 365 g/mol. The summed E-state index contributed by atoms with van der Waals surface area (Å²) in [6.45, 7) is 2.03. The van der Waals surface area contributed by atoms with Crippen LogP contribution in [-0.4, -0.2) is 18.4 Å². The van der Waals surface area contributed by atoms with E-state index in [2.05, 4.69) is 5.32 Å². The van der Waals surface area contributed by atoms with Crippen molar-refractivity contribution in [3.63, 3.8) is 0 Å². The predicted octanol–water partition coefficient (Wildman–Crippen LogP) is 3.92. The lowest BCUT2D eigenvalue weighted by Gasteiger charge is -2.17. The number of anilines is 2. The van der Waals surface area contributed by atoms with Crippen molar-refractivity contribution in [2.75, 3.05) is 16.8 Å². The largest absolute Gasteiger partial charge is 0.323 e. The number of carbonyl (C=O) groups is 2. The van der Waals surface area contributed by atoms with Gasteiger partial charge >= 0.3 is 0 Å². The van der Waals surface area contributed by atoms with Gasteiger partial charge < -0.3 is 10.2 Å². The zero-order chi connectivity index (χ0) is 18.1. The molecule has 0 spiro atoms. The summed E-state index contributed by atoms with van der Waals surface area (Å²) in [5.41, 5.74) is 1.39. The summed E-state index contributed by atoms with van der Waals surface area (Å²) in [6, 6.07) is 8.13. The lowest BCUT2D eigenvalue weighted by molar-refractivity contribution is -0.122. The number of hydrogen-bond donors (Lipinski definition) is 1. The summed E-state index contributed by atoms with van der Waals surface area (Å²) in [7, 11) is 0. The molecule has 2 aromatic rings. The molecule has 1 aliphatic heterocycles. The van der Waals surface area contributed by atoms with Crippen LogP contribution in [0.5, 0.6) is 0 Å². The van der Waals surface area contributed by atoms with Crippen LogP contribution in [0.2, 0.25) is 5.02 Å². The van der Waals surface area contributed by atoms with Crippen molar-refractivity contribution in [1.82, 2.24) is 0 Å². The van der Waals surface area contributed by atoms with Crippen molar-refractivity contribution < 1.29 is 18.4 Å². The van der Waals surface area contributed by atoms with Gasteiger partial charge in [-0.3, -0.25) is 9.59 Å². The van der Waals surface area contributed by atoms with Gasteiger partial charge in [-0.2, -0.15) is 0 Å². The molecule has 0 saturated carbocycles. The van der Waals surface area contributed by atoms with E-state index in [9.17, 15) is 18.4 Å². The van der Waals surface area contributed by atoms with Gasteiger partial charge in [0.15, 0.2) is 0 Å². The fourth-order valence-corrected chi connectivity index (χ4v) is 2.88. The number of nitrogens with one attached hydrogen (secondary N) is 1. The van der Waals surface area contributed by atoms with Crippen LogP contribution >= 0.6 is 11.6 Å². The molecule has 1 N–H and O–H groups in total. The molecule has 0 aromatic heterocycles. The molecule has 7 heteroatoms. The third kappa shape index (κ3) is 3.64. The number of benzene rings is 2. The van der Waals surface area contributed by atoms with Crippen LogP contribution < -0.4 is 10.2 Å². The minimum absolute atomic E-state index is 0.0140. The predicted molar refractivity (Wildman–Crippen MR) is 91.6 cm³/mol. The smallest absolute Gasteiger partial charge is 0.229 e. The number of carbonyl (C=O) groups excluding carboxylic acids is 2. The van der Waals surface area contributed by atoms with Crippen LogP contribution in [0.15, 0.2) is 36.4 Å². The van der Waals surface area contributed by atoms with E-state index in [1.54, 1.807) is 18.2 Å². The second-order valence-electron chi connectivity index (χ2n) is 5.95. The molecule has 1 saturated heterocycles. The van der Waals surface area contributed by atoms with E-state index < -0.39 is 23.5 Å². The summed E-state index contributed by atoms with van der Waals surface area (Å²) < 4.78 is 26.6. The summed E-state index contributed by atoms with van der Waals surface area (Å²) >= 11 is 6.09. The van der Waals surface area contributed by atoms with Crippen molar-refractivity contribution >= 4 is 34.8 Å². The topological polar surface area (TPSA) is 49.4 Å². The Morgan fingerprint density at radius 1 is 1.24 bits per heavy atom. The fraction of sp³-hybridized carbons (Fsp3) is 0.222. The first-order valence-electron chi connectivity index (χ1n) is 7.67. The average Bonchev–Trinajstić information content (AvgIpc) is 2.95. The van der Waals surface area contributed by atoms with Crippen LogP contribution in [0.4, 0.5) is 20.2 Å². The number of amides is 2. The van der Waals surface area contributed by atoms with Gasteiger partial charge in [-0.15, -0.1) is 0 Å². The van der Waals surface area contributed by atoms with E-state index in [-0.39, 0.29) is 24.6 Å². The van der Waals surface area contributed by atoms with Crippen molar-refractivity contribution in [3.8, 4) is 0 Å². The molecule has 1 heterocycles. The highest BCUT2D eigenvalue weighted by Crippen LogP contribution is 2.29. The van der Waals surface area contributed by atoms with Gasteiger partial charge in [-0.25, -0.2) is 8.78 Å². The molecule has 130 valence electrons. The van der Waals surface area contributed by atoms with E-state index >= 15 is 0 Å². The molecule has 0 radical (unpaired) electrons. The Morgan fingerprint density at radius 3 is 2.68 bits per heavy atom. The quantitative estimate of drug-likeness (QED) is 0.897. The van der Waals surface area contributed by atoms with Gasteiger partial charge in [0.1, 0.15) is 11.6 Å². The molecule has 3 rings (SSSR count). The van der Waals surface area contributed by atoms with Gasteiger partial charge in [0.25, 0.3) is 0 Å². The van der Waals surface area contributed by atoms with Crippen LogP contribution in [0.1, 0.15) is 12.0 Å². The van der Waals surface area contributed by atoms with Crippen LogP contribution in [0.3, 0.4) is 0 Å². The first-order valence-corrected chi connectivity index (χ1v) is 8.05. The highest BCUT2D eigenvalue weighted by molar-refractivity contribution is 6.31. The zero-order valence-corrected chi connectivity index (χ0v) is 14.1. The van der Waals surface area contributed by atoms with Gasteiger partial charge in [0, 0.05) is 29.7 Å². The van der Waals surface area contributed by atoms with Gasteiger partial charge in [-0.1, -0.05) is 17.7 Å². The number of rotatable bonds is 3. The van der Waals surface area contributed by atoms with Crippen molar-refractivity contribution in [3.05, 3.63) is 58.6 Å². The summed E-state index contributed by atoms with van der Waals surface area (Å²) in [4.78, 5) is 26.0. The Bertz CT molecular complexity index is 857. The lowest BCUT2D eigenvalue weighted by atomic mass is 10.1. The first-order chi connectivity index (χ1) is 11.8. The zero-order valence-electron chi connectivity index (χ0n) is 13.4. The van der Waals surface area contributed by atoms with Gasteiger partial charge in [0.05, 0.1) is 11.6 Å². The maximum absolute atomic E-state index is 13.7. The normalized spacial score (nSPS) is 17.0. The van der Waals surface area contributed by atoms with E-state index in [1.807, 2.05) is 6.92 Å². The van der Waals surface area contributed by atoms with E-state index in [0.29, 0.717) is 16.8 Å². The second kappa shape index (κ2) is 6.80. The monoisotopic (exact) mass is 364 g/mol. The molecule has 25 heavy (non-hydrogen) atoms. The van der Waals surface area contributed by atoms with E-state index in [4.69, 9.17) is 11.6 Å². The number of halogens is 3. The van der Waals surface area contributed by atoms with Crippen molar-refractivity contribution in [2.45, 2.75) is 13.3 Å². The standard InChI is InChI=1S/C18H15ClF2N2O2/c1-10-2-4-13(8-14(10)19)23-9-11(6-17(23)24)18(25)22-16-5-3-12(20)7-15(16)21/h2-5,7-8,11H,6,9H2,1H3,(H,22,25)/t11-/m0/s1. The number of hydrogen-bond acceptors (Lipinski definition) is 2. The number of nitrogens with zero attached hydrogens (tertiary/aromatic N) is 1. The Labute approximate surface area is 148 Å². The summed E-state index contributed by atoms with van der Waals surface area (Å²) in [5, 5.41) is 2.94. The van der Waals surface area contributed by atoms with Crippen LogP contribution in [0, 0.1) is 24.5 Å². The molecule has 0 aliphatic carbocycles. The van der Waals surface area contributed by atoms with E-state index in [0.717, 1.165) is 17.7 Å². The van der Waals surface area contributed by atoms with Crippen molar-refractivity contribution in [2.24, 2.45) is 5.92 Å². The maximum Gasteiger partial charge on any atom is 0.229 e. The van der Waals surface area contributed by atoms with Crippen molar-refractivity contribution in [1.29, 1.82) is 0 Å². The Balaban J connectivity index is 1.73. The first kappa shape index (κ1) is 17.4. The Hall–Kier alpha value is -2.47. The highest BCUT2D eigenvalue weighted by Gasteiger charge is 2.35. The van der Waals surface area contributed by atoms with Gasteiger partial charge in [0.2, 0.25) is 11.8 Å². The Morgan fingerprint density at radius 2 is 2.00 bits per heavy atom. The van der Waals surface area contributed by atoms with Gasteiger partial charge in [-0.05, 0) is 36.8 Å². The molecular weight excluding hydrogens is 350 g/mol. The molecule has 1 atom stereocenters. The molecule has 4 nitrogen and oxygen atoms in total. The van der Waals surface area contributed by atoms with Crippen LogP contribution in [0.25, 0.3) is 0 Å². The lowest BCUT2D eigenvalue weighted by Crippen LogP contribution is -2.28. The van der Waals surface area contributed by atoms with Crippen LogP contribution in [-0.2, 0) is 9.59 Å². The summed E-state index contributed by atoms with van der Waals surface area (Å²) in [5.74, 6) is -2.91. The molecule has 0 bridgehead atoms. The SMILES string of the molecule is Cc1ccc(N2C[C@@H](C(=O)Nc3ccc(F)cc3F)CC2=O)cc1Cl. The summed E-state index contributed by atoms with van der Waals surface area (Å²) in [6.07, 6.45) is 0.0140. The molecule has 2 aromatic carbocycles. The number of aryl methyl sites for hydroxylation is 1.